The maximum absolute atomic E-state index is 13.0. The number of allylic oxidation sites excluding steroid dienone is 2. The topological polar surface area (TPSA) is 49.8 Å². The van der Waals surface area contributed by atoms with Gasteiger partial charge in [0, 0.05) is 23.0 Å². The summed E-state index contributed by atoms with van der Waals surface area (Å²) in [5.74, 6) is 0.779. The van der Waals surface area contributed by atoms with Crippen molar-refractivity contribution in [1.82, 2.24) is 4.90 Å². The summed E-state index contributed by atoms with van der Waals surface area (Å²) in [7, 11) is 0. The van der Waals surface area contributed by atoms with Gasteiger partial charge in [0.25, 0.3) is 0 Å². The van der Waals surface area contributed by atoms with Crippen molar-refractivity contribution in [2.24, 2.45) is 5.92 Å². The van der Waals surface area contributed by atoms with Crippen LogP contribution < -0.4 is 4.74 Å². The summed E-state index contributed by atoms with van der Waals surface area (Å²) in [5, 5.41) is 11.1. The second-order valence-electron chi connectivity index (χ2n) is 7.08. The summed E-state index contributed by atoms with van der Waals surface area (Å²) in [5.41, 5.74) is 2.59. The van der Waals surface area contributed by atoms with Crippen LogP contribution in [0.25, 0.3) is 11.1 Å². The first-order chi connectivity index (χ1) is 13.1. The van der Waals surface area contributed by atoms with Gasteiger partial charge < -0.3 is 14.7 Å². The van der Waals surface area contributed by atoms with Gasteiger partial charge in [0.15, 0.2) is 11.5 Å². The third kappa shape index (κ3) is 3.81. The summed E-state index contributed by atoms with van der Waals surface area (Å²) >= 11 is 6.11. The number of ether oxygens (including phenoxy) is 1. The number of nitrogens with zero attached hydrogens (tertiary/aromatic N) is 1. The van der Waals surface area contributed by atoms with Crippen molar-refractivity contribution in [2.45, 2.75) is 25.8 Å². The van der Waals surface area contributed by atoms with Gasteiger partial charge in [-0.1, -0.05) is 35.9 Å². The van der Waals surface area contributed by atoms with E-state index < -0.39 is 0 Å². The van der Waals surface area contributed by atoms with Crippen LogP contribution in [0.1, 0.15) is 24.8 Å². The Morgan fingerprint density at radius 2 is 2.07 bits per heavy atom. The van der Waals surface area contributed by atoms with E-state index >= 15 is 0 Å². The zero-order valence-electron chi connectivity index (χ0n) is 15.0. The van der Waals surface area contributed by atoms with Crippen molar-refractivity contribution in [3.8, 4) is 22.6 Å². The number of aromatic hydroxyl groups is 1. The Kier molecular flexibility index (Phi) is 5.08. The molecule has 2 aliphatic rings. The predicted molar refractivity (Wildman–Crippen MR) is 106 cm³/mol. The fourth-order valence-corrected chi connectivity index (χ4v) is 3.99. The molecule has 0 bridgehead atoms. The van der Waals surface area contributed by atoms with E-state index in [-0.39, 0.29) is 17.6 Å². The SMILES string of the molecule is O=C(C1CC=CCC1)N1CCOc2c(O)cc(-c3cccc(Cl)c3)cc2C1. The molecule has 0 aromatic heterocycles. The van der Waals surface area contributed by atoms with E-state index in [0.717, 1.165) is 36.0 Å². The van der Waals surface area contributed by atoms with Crippen molar-refractivity contribution >= 4 is 17.5 Å². The molecule has 0 saturated heterocycles. The molecule has 4 nitrogen and oxygen atoms in total. The van der Waals surface area contributed by atoms with Crippen LogP contribution in [0.4, 0.5) is 0 Å². The molecule has 5 heteroatoms. The zero-order chi connectivity index (χ0) is 18.8. The fourth-order valence-electron chi connectivity index (χ4n) is 3.80. The molecule has 2 aromatic rings. The first-order valence-corrected chi connectivity index (χ1v) is 9.68. The predicted octanol–water partition coefficient (Wildman–Crippen LogP) is 4.79. The van der Waals surface area contributed by atoms with Crippen LogP contribution in [0, 0.1) is 5.92 Å². The second kappa shape index (κ2) is 7.65. The number of hydrogen-bond donors (Lipinski definition) is 1. The Labute approximate surface area is 164 Å². The van der Waals surface area contributed by atoms with E-state index in [2.05, 4.69) is 12.2 Å². The number of hydrogen-bond acceptors (Lipinski definition) is 3. The van der Waals surface area contributed by atoms with Gasteiger partial charge in [-0.25, -0.2) is 0 Å². The molecule has 1 N–H and O–H groups in total. The molecule has 0 radical (unpaired) electrons. The maximum atomic E-state index is 13.0. The summed E-state index contributed by atoms with van der Waals surface area (Å²) in [6, 6.07) is 11.2. The number of carbonyl (C=O) groups excluding carboxylic acids is 1. The molecule has 0 saturated carbocycles. The third-order valence-electron chi connectivity index (χ3n) is 5.20. The molecule has 4 rings (SSSR count). The van der Waals surface area contributed by atoms with Crippen LogP contribution in [-0.2, 0) is 11.3 Å². The highest BCUT2D eigenvalue weighted by molar-refractivity contribution is 6.30. The number of fused-ring (bicyclic) bond motifs is 1. The van der Waals surface area contributed by atoms with Crippen molar-refractivity contribution in [3.05, 3.63) is 59.1 Å². The first kappa shape index (κ1) is 17.9. The lowest BCUT2D eigenvalue weighted by atomic mass is 9.93. The minimum atomic E-state index is 0.0428. The molecule has 1 unspecified atom stereocenters. The van der Waals surface area contributed by atoms with Gasteiger partial charge >= 0.3 is 0 Å². The highest BCUT2D eigenvalue weighted by Gasteiger charge is 2.28. The summed E-state index contributed by atoms with van der Waals surface area (Å²) in [4.78, 5) is 14.8. The van der Waals surface area contributed by atoms with Crippen LogP contribution >= 0.6 is 11.6 Å². The van der Waals surface area contributed by atoms with Crippen molar-refractivity contribution < 1.29 is 14.6 Å². The number of phenols is 1. The first-order valence-electron chi connectivity index (χ1n) is 9.30. The average Bonchev–Trinajstić information content (AvgIpc) is 2.91. The van der Waals surface area contributed by atoms with Crippen LogP contribution in [0.2, 0.25) is 5.02 Å². The molecule has 1 atom stereocenters. The molecule has 1 aliphatic carbocycles. The normalized spacial score (nSPS) is 19.1. The molecular formula is C22H22ClNO3. The Balaban J connectivity index is 1.64. The van der Waals surface area contributed by atoms with Gasteiger partial charge in [0.2, 0.25) is 5.91 Å². The highest BCUT2D eigenvalue weighted by Crippen LogP contribution is 2.38. The minimum absolute atomic E-state index is 0.0428. The van der Waals surface area contributed by atoms with Gasteiger partial charge in [-0.05, 0) is 54.7 Å². The number of rotatable bonds is 2. The van der Waals surface area contributed by atoms with E-state index in [0.29, 0.717) is 30.5 Å². The molecule has 1 aliphatic heterocycles. The summed E-state index contributed by atoms with van der Waals surface area (Å²) < 4.78 is 5.78. The van der Waals surface area contributed by atoms with E-state index in [4.69, 9.17) is 16.3 Å². The molecule has 0 spiro atoms. The lowest BCUT2D eigenvalue weighted by molar-refractivity contribution is -0.136. The largest absolute Gasteiger partial charge is 0.504 e. The van der Waals surface area contributed by atoms with Crippen LogP contribution in [0.3, 0.4) is 0 Å². The van der Waals surface area contributed by atoms with Gasteiger partial charge in [0.1, 0.15) is 6.61 Å². The Hall–Kier alpha value is -2.46. The molecule has 0 fully saturated rings. The van der Waals surface area contributed by atoms with Gasteiger partial charge in [-0.15, -0.1) is 0 Å². The van der Waals surface area contributed by atoms with E-state index in [1.54, 1.807) is 6.07 Å². The fraction of sp³-hybridized carbons (Fsp3) is 0.318. The number of amides is 1. The zero-order valence-corrected chi connectivity index (χ0v) is 15.8. The highest BCUT2D eigenvalue weighted by atomic mass is 35.5. The monoisotopic (exact) mass is 383 g/mol. The molecule has 1 heterocycles. The van der Waals surface area contributed by atoms with E-state index in [9.17, 15) is 9.90 Å². The quantitative estimate of drug-likeness (QED) is 0.758. The van der Waals surface area contributed by atoms with Crippen molar-refractivity contribution in [2.75, 3.05) is 13.2 Å². The maximum Gasteiger partial charge on any atom is 0.226 e. The van der Waals surface area contributed by atoms with Gasteiger partial charge in [-0.3, -0.25) is 4.79 Å². The summed E-state index contributed by atoms with van der Waals surface area (Å²) in [6.07, 6.45) is 6.89. The molecule has 140 valence electrons. The summed E-state index contributed by atoms with van der Waals surface area (Å²) in [6.45, 7) is 1.35. The lowest BCUT2D eigenvalue weighted by Gasteiger charge is -2.26. The van der Waals surface area contributed by atoms with Gasteiger partial charge in [0.05, 0.1) is 6.54 Å². The number of benzene rings is 2. The Morgan fingerprint density at radius 1 is 1.19 bits per heavy atom. The molecule has 1 amide bonds. The van der Waals surface area contributed by atoms with Crippen molar-refractivity contribution in [3.63, 3.8) is 0 Å². The lowest BCUT2D eigenvalue weighted by Crippen LogP contribution is -2.37. The van der Waals surface area contributed by atoms with E-state index in [1.165, 1.54) is 0 Å². The number of phenolic OH excluding ortho intramolecular Hbond substituents is 1. The Bertz CT molecular complexity index is 893. The smallest absolute Gasteiger partial charge is 0.226 e. The van der Waals surface area contributed by atoms with E-state index in [1.807, 2.05) is 35.2 Å². The Morgan fingerprint density at radius 3 is 2.85 bits per heavy atom. The third-order valence-corrected chi connectivity index (χ3v) is 5.44. The standard InChI is InChI=1S/C22H22ClNO3/c23-19-8-4-7-16(12-19)17-11-18-14-24(9-10-27-21(18)20(25)13-17)22(26)15-5-2-1-3-6-15/h1-2,4,7-8,11-13,15,25H,3,5-6,9-10,14H2. The van der Waals surface area contributed by atoms with Crippen LogP contribution in [-0.4, -0.2) is 29.1 Å². The molecular weight excluding hydrogens is 362 g/mol. The number of halogens is 1. The molecule has 2 aromatic carbocycles. The van der Waals surface area contributed by atoms with Gasteiger partial charge in [-0.2, -0.15) is 0 Å². The second-order valence-corrected chi connectivity index (χ2v) is 7.52. The minimum Gasteiger partial charge on any atom is -0.504 e. The van der Waals surface area contributed by atoms with Crippen LogP contribution in [0.5, 0.6) is 11.5 Å². The number of carbonyl (C=O) groups is 1. The van der Waals surface area contributed by atoms with Crippen molar-refractivity contribution in [1.29, 1.82) is 0 Å². The van der Waals surface area contributed by atoms with Crippen LogP contribution in [0.15, 0.2) is 48.6 Å². The molecule has 27 heavy (non-hydrogen) atoms. The average molecular weight is 384 g/mol.